The first kappa shape index (κ1) is 23.0. The Balaban J connectivity index is 1.48. The first-order chi connectivity index (χ1) is 16.0. The van der Waals surface area contributed by atoms with Crippen molar-refractivity contribution >= 4 is 72.9 Å². The van der Waals surface area contributed by atoms with Crippen molar-refractivity contribution in [1.29, 1.82) is 0 Å². The molecule has 1 fully saturated rings. The number of amides is 1. The van der Waals surface area contributed by atoms with Gasteiger partial charge in [0.15, 0.2) is 22.4 Å². The summed E-state index contributed by atoms with van der Waals surface area (Å²) in [5, 5.41) is 1.90. The number of carbonyl (C=O) groups excluding carboxylic acids is 2. The van der Waals surface area contributed by atoms with Gasteiger partial charge in [-0.3, -0.25) is 10.2 Å². The molecule has 0 bridgehead atoms. The number of ether oxygens (including phenoxy) is 3. The molecule has 1 N–H and O–H groups in total. The number of thioether (sulfide) groups is 1. The number of para-hydroxylation sites is 1. The summed E-state index contributed by atoms with van der Waals surface area (Å²) in [6, 6.07) is 12.9. The van der Waals surface area contributed by atoms with Gasteiger partial charge in [-0.15, -0.1) is 0 Å². The van der Waals surface area contributed by atoms with Gasteiger partial charge in [-0.1, -0.05) is 41.3 Å². The van der Waals surface area contributed by atoms with Crippen LogP contribution in [-0.4, -0.2) is 46.5 Å². The van der Waals surface area contributed by atoms with Crippen LogP contribution in [0.5, 0.6) is 11.5 Å². The molecule has 1 aromatic heterocycles. The second kappa shape index (κ2) is 10.2. The summed E-state index contributed by atoms with van der Waals surface area (Å²) in [6.45, 7) is 1.79. The fraction of sp³-hybridized carbons (Fsp3) is 0.182. The van der Waals surface area contributed by atoms with Gasteiger partial charge in [-0.2, -0.15) is 5.01 Å². The van der Waals surface area contributed by atoms with Gasteiger partial charge >= 0.3 is 5.97 Å². The van der Waals surface area contributed by atoms with E-state index in [1.54, 1.807) is 31.2 Å². The monoisotopic (exact) mass is 501 g/mol. The lowest BCUT2D eigenvalue weighted by Gasteiger charge is -2.14. The summed E-state index contributed by atoms with van der Waals surface area (Å²) >= 11 is 8.03. The third-order valence-corrected chi connectivity index (χ3v) is 6.67. The molecule has 1 aliphatic heterocycles. The summed E-state index contributed by atoms with van der Waals surface area (Å²) in [4.78, 5) is 29.4. The number of thiazole rings is 1. The Morgan fingerprint density at radius 3 is 2.82 bits per heavy atom. The van der Waals surface area contributed by atoms with Crippen LogP contribution < -0.4 is 14.9 Å². The van der Waals surface area contributed by atoms with Gasteiger partial charge in [0.1, 0.15) is 0 Å². The molecule has 1 saturated heterocycles. The highest BCUT2D eigenvalue weighted by Crippen LogP contribution is 2.36. The Hall–Kier alpha value is -3.15. The number of anilines is 1. The van der Waals surface area contributed by atoms with E-state index in [0.717, 1.165) is 15.8 Å². The zero-order valence-electron chi connectivity index (χ0n) is 17.7. The van der Waals surface area contributed by atoms with Crippen LogP contribution in [-0.2, 0) is 14.3 Å². The molecule has 11 heteroatoms. The Bertz CT molecular complexity index is 1220. The minimum Gasteiger partial charge on any atom is -0.493 e. The van der Waals surface area contributed by atoms with Crippen molar-refractivity contribution in [2.45, 2.75) is 6.92 Å². The van der Waals surface area contributed by atoms with Crippen molar-refractivity contribution < 1.29 is 23.8 Å². The van der Waals surface area contributed by atoms with Crippen LogP contribution in [0.2, 0.25) is 0 Å². The van der Waals surface area contributed by atoms with Crippen LogP contribution in [0.3, 0.4) is 0 Å². The number of hydrogen-bond donors (Lipinski definition) is 1. The second-order valence-corrected chi connectivity index (χ2v) is 9.33. The van der Waals surface area contributed by atoms with Crippen LogP contribution in [0.25, 0.3) is 16.3 Å². The molecule has 0 saturated carbocycles. The lowest BCUT2D eigenvalue weighted by Crippen LogP contribution is -2.33. The van der Waals surface area contributed by atoms with Gasteiger partial charge in [-0.05, 0) is 55.0 Å². The molecule has 2 aromatic carbocycles. The van der Waals surface area contributed by atoms with E-state index in [-0.39, 0.29) is 19.1 Å². The number of nitrogens with zero attached hydrogens (tertiary/aromatic N) is 2. The normalized spacial score (nSPS) is 14.7. The molecule has 170 valence electrons. The fourth-order valence-corrected chi connectivity index (χ4v) is 5.00. The van der Waals surface area contributed by atoms with Gasteiger partial charge in [0.05, 0.1) is 28.8 Å². The number of rotatable bonds is 8. The first-order valence-corrected chi connectivity index (χ1v) is 11.9. The van der Waals surface area contributed by atoms with E-state index in [0.29, 0.717) is 25.9 Å². The van der Waals surface area contributed by atoms with E-state index in [9.17, 15) is 9.59 Å². The van der Waals surface area contributed by atoms with Gasteiger partial charge in [0, 0.05) is 0 Å². The number of esters is 1. The topological polar surface area (TPSA) is 90.0 Å². The zero-order chi connectivity index (χ0) is 23.4. The van der Waals surface area contributed by atoms with E-state index in [1.807, 2.05) is 24.3 Å². The SMILES string of the molecule is CCOC(=O)COc1ccc(C=C2SC(=S)N(Nc3nc4ccccc4s3)C2=O)cc1OC. The molecular weight excluding hydrogens is 482 g/mol. The highest BCUT2D eigenvalue weighted by Gasteiger charge is 2.33. The Labute approximate surface area is 203 Å². The number of nitrogens with one attached hydrogen (secondary N) is 1. The lowest BCUT2D eigenvalue weighted by atomic mass is 10.2. The minimum atomic E-state index is -0.465. The van der Waals surface area contributed by atoms with Gasteiger partial charge < -0.3 is 14.2 Å². The Morgan fingerprint density at radius 1 is 1.24 bits per heavy atom. The van der Waals surface area contributed by atoms with Crippen molar-refractivity contribution in [1.82, 2.24) is 9.99 Å². The number of hydrogen-bond acceptors (Lipinski definition) is 10. The molecule has 0 atom stereocenters. The van der Waals surface area contributed by atoms with Crippen molar-refractivity contribution in [3.05, 3.63) is 52.9 Å². The maximum absolute atomic E-state index is 13.0. The molecule has 0 aliphatic carbocycles. The number of benzene rings is 2. The number of carbonyl (C=O) groups is 2. The molecule has 0 radical (unpaired) electrons. The van der Waals surface area contributed by atoms with Crippen molar-refractivity contribution in [3.8, 4) is 11.5 Å². The van der Waals surface area contributed by atoms with Crippen LogP contribution in [0.4, 0.5) is 5.13 Å². The van der Waals surface area contributed by atoms with Gasteiger partial charge in [0.2, 0.25) is 5.13 Å². The predicted octanol–water partition coefficient (Wildman–Crippen LogP) is 4.48. The van der Waals surface area contributed by atoms with Crippen LogP contribution in [0.15, 0.2) is 47.4 Å². The summed E-state index contributed by atoms with van der Waals surface area (Å²) in [6.07, 6.45) is 1.72. The Morgan fingerprint density at radius 2 is 2.06 bits per heavy atom. The van der Waals surface area contributed by atoms with Crippen molar-refractivity contribution in [2.75, 3.05) is 25.7 Å². The molecular formula is C22H19N3O5S3. The molecule has 3 aromatic rings. The summed E-state index contributed by atoms with van der Waals surface area (Å²) in [7, 11) is 1.50. The van der Waals surface area contributed by atoms with E-state index in [2.05, 4.69) is 10.4 Å². The largest absolute Gasteiger partial charge is 0.493 e. The highest BCUT2D eigenvalue weighted by atomic mass is 32.2. The Kier molecular flexibility index (Phi) is 7.11. The number of thiocarbonyl (C=S) groups is 1. The van der Waals surface area contributed by atoms with Crippen LogP contribution >= 0.6 is 35.3 Å². The van der Waals surface area contributed by atoms with E-state index < -0.39 is 5.97 Å². The van der Waals surface area contributed by atoms with E-state index in [4.69, 9.17) is 26.4 Å². The van der Waals surface area contributed by atoms with Gasteiger partial charge in [0.25, 0.3) is 5.91 Å². The smallest absolute Gasteiger partial charge is 0.344 e. The molecule has 0 spiro atoms. The number of methoxy groups -OCH3 is 1. The molecule has 0 unspecified atom stereocenters. The predicted molar refractivity (Wildman–Crippen MR) is 133 cm³/mol. The summed E-state index contributed by atoms with van der Waals surface area (Å²) in [5.41, 5.74) is 4.58. The van der Waals surface area contributed by atoms with Gasteiger partial charge in [-0.25, -0.2) is 9.78 Å². The maximum Gasteiger partial charge on any atom is 0.344 e. The third kappa shape index (κ3) is 5.27. The standard InChI is InChI=1S/C22H19N3O5S3/c1-3-29-19(26)12-30-15-9-8-13(10-16(15)28-2)11-18-20(27)25(22(31)33-18)24-21-23-14-6-4-5-7-17(14)32-21/h4-11H,3,12H2,1-2H3,(H,23,24). The van der Waals surface area contributed by atoms with Crippen LogP contribution in [0.1, 0.15) is 12.5 Å². The van der Waals surface area contributed by atoms with E-state index >= 15 is 0 Å². The molecule has 1 aliphatic rings. The van der Waals surface area contributed by atoms with Crippen molar-refractivity contribution in [2.24, 2.45) is 0 Å². The average molecular weight is 502 g/mol. The summed E-state index contributed by atoms with van der Waals surface area (Å²) < 4.78 is 17.1. The summed E-state index contributed by atoms with van der Waals surface area (Å²) in [5.74, 6) is 0.0858. The molecule has 4 rings (SSSR count). The average Bonchev–Trinajstić information content (AvgIpc) is 3.34. The maximum atomic E-state index is 13.0. The molecule has 33 heavy (non-hydrogen) atoms. The fourth-order valence-electron chi connectivity index (χ4n) is 2.96. The quantitative estimate of drug-likeness (QED) is 0.273. The minimum absolute atomic E-state index is 0.223. The van der Waals surface area contributed by atoms with E-state index in [1.165, 1.54) is 35.2 Å². The number of aromatic nitrogens is 1. The zero-order valence-corrected chi connectivity index (χ0v) is 20.1. The van der Waals surface area contributed by atoms with Crippen LogP contribution in [0, 0.1) is 0 Å². The highest BCUT2D eigenvalue weighted by molar-refractivity contribution is 8.26. The number of fused-ring (bicyclic) bond motifs is 1. The second-order valence-electron chi connectivity index (χ2n) is 6.62. The lowest BCUT2D eigenvalue weighted by molar-refractivity contribution is -0.145. The molecule has 2 heterocycles. The number of hydrazine groups is 1. The van der Waals surface area contributed by atoms with Crippen molar-refractivity contribution in [3.63, 3.8) is 0 Å². The third-order valence-electron chi connectivity index (χ3n) is 4.43. The molecule has 1 amide bonds. The first-order valence-electron chi connectivity index (χ1n) is 9.85. The molecule has 8 nitrogen and oxygen atoms in total.